The third-order valence-electron chi connectivity index (χ3n) is 2.58. The maximum Gasteiger partial charge on any atom is 0.126 e. The molecule has 2 aromatic rings. The molecular weight excluding hydrogens is 301 g/mol. The first-order valence-corrected chi connectivity index (χ1v) is 7.01. The number of nitrogens with one attached hydrogen (secondary N) is 1. The number of halogens is 2. The third kappa shape index (κ3) is 2.87. The molecule has 17 heavy (non-hydrogen) atoms. The Morgan fingerprint density at radius 1 is 1.35 bits per heavy atom. The van der Waals surface area contributed by atoms with Crippen molar-refractivity contribution in [3.8, 4) is 0 Å². The smallest absolute Gasteiger partial charge is 0.126 e. The van der Waals surface area contributed by atoms with Gasteiger partial charge in [0.1, 0.15) is 5.82 Å². The normalized spacial score (nSPS) is 12.5. The number of hydrogen-bond acceptors (Lipinski definition) is 2. The molecule has 0 aliphatic rings. The maximum absolute atomic E-state index is 13.1. The van der Waals surface area contributed by atoms with Gasteiger partial charge in [0.2, 0.25) is 0 Å². The summed E-state index contributed by atoms with van der Waals surface area (Å²) in [4.78, 5) is 1.24. The monoisotopic (exact) mass is 313 g/mol. The second kappa shape index (κ2) is 5.19. The fraction of sp³-hybridized carbons (Fsp3) is 0.231. The highest BCUT2D eigenvalue weighted by Gasteiger charge is 2.11. The standard InChI is InChI=1S/C13H13BrFNS/c1-8-7-10(3-4-12(8)15)16-9(2)13-11(14)5-6-17-13/h3-7,9,16H,1-2H3. The Morgan fingerprint density at radius 2 is 2.12 bits per heavy atom. The Kier molecular flexibility index (Phi) is 3.84. The van der Waals surface area contributed by atoms with E-state index < -0.39 is 0 Å². The fourth-order valence-corrected chi connectivity index (χ4v) is 3.39. The zero-order valence-electron chi connectivity index (χ0n) is 9.63. The first kappa shape index (κ1) is 12.6. The molecule has 0 saturated carbocycles. The highest BCUT2D eigenvalue weighted by Crippen LogP contribution is 2.31. The van der Waals surface area contributed by atoms with Gasteiger partial charge in [-0.25, -0.2) is 4.39 Å². The lowest BCUT2D eigenvalue weighted by Gasteiger charge is -2.15. The van der Waals surface area contributed by atoms with Crippen molar-refractivity contribution < 1.29 is 4.39 Å². The Bertz CT molecular complexity index is 524. The number of rotatable bonds is 3. The number of benzene rings is 1. The van der Waals surface area contributed by atoms with Gasteiger partial charge in [-0.05, 0) is 65.0 Å². The Labute approximate surface area is 113 Å². The minimum Gasteiger partial charge on any atom is -0.378 e. The van der Waals surface area contributed by atoms with Gasteiger partial charge in [-0.1, -0.05) is 0 Å². The molecular formula is C13H13BrFNS. The molecule has 1 nitrogen and oxygen atoms in total. The molecule has 2 rings (SSSR count). The molecule has 0 spiro atoms. The molecule has 1 heterocycles. The second-order valence-electron chi connectivity index (χ2n) is 3.96. The molecule has 0 radical (unpaired) electrons. The van der Waals surface area contributed by atoms with Crippen molar-refractivity contribution >= 4 is 33.0 Å². The van der Waals surface area contributed by atoms with Crippen LogP contribution in [0.5, 0.6) is 0 Å². The van der Waals surface area contributed by atoms with Gasteiger partial charge in [-0.15, -0.1) is 11.3 Å². The highest BCUT2D eigenvalue weighted by molar-refractivity contribution is 9.10. The van der Waals surface area contributed by atoms with Crippen molar-refractivity contribution in [2.75, 3.05) is 5.32 Å². The minimum absolute atomic E-state index is 0.166. The van der Waals surface area contributed by atoms with Crippen LogP contribution in [0, 0.1) is 12.7 Å². The lowest BCUT2D eigenvalue weighted by molar-refractivity contribution is 0.618. The summed E-state index contributed by atoms with van der Waals surface area (Å²) in [7, 11) is 0. The summed E-state index contributed by atoms with van der Waals surface area (Å²) >= 11 is 5.22. The van der Waals surface area contributed by atoms with Crippen LogP contribution in [0.4, 0.5) is 10.1 Å². The van der Waals surface area contributed by atoms with E-state index in [0.29, 0.717) is 5.56 Å². The molecule has 0 saturated heterocycles. The Morgan fingerprint density at radius 3 is 2.71 bits per heavy atom. The number of hydrogen-bond donors (Lipinski definition) is 1. The number of thiophene rings is 1. The zero-order chi connectivity index (χ0) is 12.4. The van der Waals surface area contributed by atoms with Crippen LogP contribution >= 0.6 is 27.3 Å². The van der Waals surface area contributed by atoms with Crippen molar-refractivity contribution in [2.24, 2.45) is 0 Å². The SMILES string of the molecule is Cc1cc(NC(C)c2sccc2Br)ccc1F. The highest BCUT2D eigenvalue weighted by atomic mass is 79.9. The van der Waals surface area contributed by atoms with Crippen LogP contribution in [0.15, 0.2) is 34.1 Å². The summed E-state index contributed by atoms with van der Waals surface area (Å²) in [6.45, 7) is 3.86. The summed E-state index contributed by atoms with van der Waals surface area (Å²) in [5.41, 5.74) is 1.60. The predicted octanol–water partition coefficient (Wildman–Crippen LogP) is 5.13. The van der Waals surface area contributed by atoms with E-state index in [-0.39, 0.29) is 11.9 Å². The molecule has 1 aromatic carbocycles. The van der Waals surface area contributed by atoms with Gasteiger partial charge in [0.25, 0.3) is 0 Å². The summed E-state index contributed by atoms with van der Waals surface area (Å²) in [5, 5.41) is 5.42. The third-order valence-corrected chi connectivity index (χ3v) is 4.63. The van der Waals surface area contributed by atoms with E-state index in [4.69, 9.17) is 0 Å². The topological polar surface area (TPSA) is 12.0 Å². The Balaban J connectivity index is 2.16. The van der Waals surface area contributed by atoms with Crippen molar-refractivity contribution in [3.63, 3.8) is 0 Å². The molecule has 0 aliphatic heterocycles. The van der Waals surface area contributed by atoms with Crippen LogP contribution in [-0.4, -0.2) is 0 Å². The van der Waals surface area contributed by atoms with E-state index in [1.54, 1.807) is 24.3 Å². The molecule has 0 fully saturated rings. The average Bonchev–Trinajstić information content (AvgIpc) is 2.70. The van der Waals surface area contributed by atoms with Crippen LogP contribution in [-0.2, 0) is 0 Å². The molecule has 1 N–H and O–H groups in total. The van der Waals surface area contributed by atoms with Gasteiger partial charge in [0.05, 0.1) is 6.04 Å². The van der Waals surface area contributed by atoms with Crippen LogP contribution in [0.1, 0.15) is 23.4 Å². The summed E-state index contributed by atoms with van der Waals surface area (Å²) in [6, 6.07) is 7.32. The average molecular weight is 314 g/mol. The van der Waals surface area contributed by atoms with Crippen molar-refractivity contribution in [1.29, 1.82) is 0 Å². The summed E-state index contributed by atoms with van der Waals surface area (Å²) in [5.74, 6) is -0.166. The lowest BCUT2D eigenvalue weighted by atomic mass is 10.2. The van der Waals surface area contributed by atoms with Crippen molar-refractivity contribution in [3.05, 3.63) is 50.4 Å². The quantitative estimate of drug-likeness (QED) is 0.828. The van der Waals surface area contributed by atoms with E-state index in [0.717, 1.165) is 10.2 Å². The molecule has 0 aliphatic carbocycles. The van der Waals surface area contributed by atoms with Crippen molar-refractivity contribution in [2.45, 2.75) is 19.9 Å². The van der Waals surface area contributed by atoms with E-state index in [2.05, 4.69) is 28.2 Å². The zero-order valence-corrected chi connectivity index (χ0v) is 12.0. The molecule has 1 aromatic heterocycles. The van der Waals surface area contributed by atoms with E-state index in [9.17, 15) is 4.39 Å². The largest absolute Gasteiger partial charge is 0.378 e. The first-order chi connectivity index (χ1) is 8.08. The van der Waals surface area contributed by atoms with Crippen LogP contribution in [0.2, 0.25) is 0 Å². The predicted molar refractivity (Wildman–Crippen MR) is 75.2 cm³/mol. The van der Waals surface area contributed by atoms with Crippen LogP contribution in [0.25, 0.3) is 0 Å². The molecule has 1 atom stereocenters. The van der Waals surface area contributed by atoms with Gasteiger partial charge >= 0.3 is 0 Å². The molecule has 0 bridgehead atoms. The number of aryl methyl sites for hydroxylation is 1. The minimum atomic E-state index is -0.166. The lowest BCUT2D eigenvalue weighted by Crippen LogP contribution is -2.05. The maximum atomic E-state index is 13.1. The van der Waals surface area contributed by atoms with Crippen LogP contribution < -0.4 is 5.32 Å². The first-order valence-electron chi connectivity index (χ1n) is 5.33. The fourth-order valence-electron chi connectivity index (χ4n) is 1.66. The molecule has 90 valence electrons. The van der Waals surface area contributed by atoms with Gasteiger partial charge in [-0.3, -0.25) is 0 Å². The van der Waals surface area contributed by atoms with Crippen LogP contribution in [0.3, 0.4) is 0 Å². The molecule has 0 amide bonds. The molecule has 1 unspecified atom stereocenters. The van der Waals surface area contributed by atoms with E-state index in [1.165, 1.54) is 10.9 Å². The van der Waals surface area contributed by atoms with Gasteiger partial charge < -0.3 is 5.32 Å². The Hall–Kier alpha value is -0.870. The van der Waals surface area contributed by atoms with E-state index >= 15 is 0 Å². The second-order valence-corrected chi connectivity index (χ2v) is 5.76. The van der Waals surface area contributed by atoms with Crippen molar-refractivity contribution in [1.82, 2.24) is 0 Å². The number of anilines is 1. The summed E-state index contributed by atoms with van der Waals surface area (Å²) < 4.78 is 14.3. The van der Waals surface area contributed by atoms with Gasteiger partial charge in [0, 0.05) is 15.0 Å². The summed E-state index contributed by atoms with van der Waals surface area (Å²) in [6.07, 6.45) is 0. The molecule has 4 heteroatoms. The van der Waals surface area contributed by atoms with Gasteiger partial charge in [-0.2, -0.15) is 0 Å². The van der Waals surface area contributed by atoms with E-state index in [1.807, 2.05) is 17.5 Å². The van der Waals surface area contributed by atoms with Gasteiger partial charge in [0.15, 0.2) is 0 Å².